The molecule has 2 atom stereocenters. The molecule has 1 aliphatic rings. The minimum atomic E-state index is -4.73. The Kier molecular flexibility index (Phi) is 3.57. The molecule has 2 nitrogen and oxygen atoms in total. The van der Waals surface area contributed by atoms with Crippen LogP contribution in [0.5, 0.6) is 0 Å². The molecule has 0 saturated carbocycles. The van der Waals surface area contributed by atoms with Gasteiger partial charge in [0.1, 0.15) is 5.82 Å². The van der Waals surface area contributed by atoms with Gasteiger partial charge < -0.3 is 9.84 Å². The van der Waals surface area contributed by atoms with E-state index < -0.39 is 23.2 Å². The number of halogens is 4. The van der Waals surface area contributed by atoms with Crippen LogP contribution in [-0.2, 0) is 16.5 Å². The highest BCUT2D eigenvalue weighted by Gasteiger charge is 2.38. The van der Waals surface area contributed by atoms with Crippen LogP contribution < -0.4 is 0 Å². The molecular weight excluding hydrogens is 264 g/mol. The van der Waals surface area contributed by atoms with Crippen LogP contribution in [0.15, 0.2) is 18.2 Å². The molecule has 1 fully saturated rings. The highest BCUT2D eigenvalue weighted by atomic mass is 19.4. The van der Waals surface area contributed by atoms with Crippen LogP contribution in [0.25, 0.3) is 0 Å². The molecular formula is C13H14F4O2. The number of hydrogen-bond acceptors (Lipinski definition) is 2. The largest absolute Gasteiger partial charge is 0.419 e. The van der Waals surface area contributed by atoms with E-state index in [0.29, 0.717) is 12.7 Å². The molecule has 1 N–H and O–H groups in total. The maximum Gasteiger partial charge on any atom is 0.419 e. The lowest BCUT2D eigenvalue weighted by Crippen LogP contribution is -2.37. The fourth-order valence-electron chi connectivity index (χ4n) is 2.36. The third kappa shape index (κ3) is 2.90. The molecule has 1 heterocycles. The van der Waals surface area contributed by atoms with Gasteiger partial charge in [-0.1, -0.05) is 6.07 Å². The topological polar surface area (TPSA) is 29.5 Å². The lowest BCUT2D eigenvalue weighted by molar-refractivity contribution is -0.140. The Morgan fingerprint density at radius 3 is 2.58 bits per heavy atom. The summed E-state index contributed by atoms with van der Waals surface area (Å²) in [5.41, 5.74) is -2.49. The predicted molar refractivity (Wildman–Crippen MR) is 59.9 cm³/mol. The van der Waals surface area contributed by atoms with E-state index in [-0.39, 0.29) is 24.5 Å². The lowest BCUT2D eigenvalue weighted by atomic mass is 9.83. The summed E-state index contributed by atoms with van der Waals surface area (Å²) in [6.07, 6.45) is -4.47. The molecule has 6 heteroatoms. The van der Waals surface area contributed by atoms with E-state index in [1.807, 2.05) is 0 Å². The molecule has 0 aromatic heterocycles. The smallest absolute Gasteiger partial charge is 0.385 e. The van der Waals surface area contributed by atoms with Crippen molar-refractivity contribution in [2.45, 2.75) is 37.6 Å². The minimum absolute atomic E-state index is 0.160. The summed E-state index contributed by atoms with van der Waals surface area (Å²) < 4.78 is 56.1. The van der Waals surface area contributed by atoms with Gasteiger partial charge in [0.15, 0.2) is 0 Å². The van der Waals surface area contributed by atoms with E-state index in [0.717, 1.165) is 12.1 Å². The molecule has 1 aromatic carbocycles. The zero-order valence-corrected chi connectivity index (χ0v) is 10.3. The quantitative estimate of drug-likeness (QED) is 0.799. The van der Waals surface area contributed by atoms with Crippen LogP contribution in [-0.4, -0.2) is 17.8 Å². The van der Waals surface area contributed by atoms with Crippen molar-refractivity contribution in [2.24, 2.45) is 0 Å². The van der Waals surface area contributed by atoms with E-state index in [1.54, 1.807) is 6.92 Å². The Morgan fingerprint density at radius 2 is 2.05 bits per heavy atom. The fraction of sp³-hybridized carbons (Fsp3) is 0.538. The van der Waals surface area contributed by atoms with Crippen LogP contribution in [0, 0.1) is 5.82 Å². The van der Waals surface area contributed by atoms with Gasteiger partial charge in [-0.2, -0.15) is 13.2 Å². The van der Waals surface area contributed by atoms with Gasteiger partial charge in [-0.15, -0.1) is 0 Å². The van der Waals surface area contributed by atoms with Crippen LogP contribution in [0.2, 0.25) is 0 Å². The van der Waals surface area contributed by atoms with Gasteiger partial charge in [-0.05, 0) is 24.6 Å². The maximum atomic E-state index is 13.5. The number of ether oxygens (including phenoxy) is 1. The van der Waals surface area contributed by atoms with Crippen molar-refractivity contribution < 1.29 is 27.4 Å². The molecule has 1 aliphatic heterocycles. The van der Waals surface area contributed by atoms with E-state index in [1.165, 1.54) is 0 Å². The number of aliphatic hydroxyl groups is 1. The van der Waals surface area contributed by atoms with Crippen LogP contribution in [0.1, 0.15) is 30.9 Å². The average molecular weight is 278 g/mol. The number of benzene rings is 1. The second kappa shape index (κ2) is 4.76. The number of rotatable bonds is 1. The summed E-state index contributed by atoms with van der Waals surface area (Å²) in [7, 11) is 0. The molecule has 1 saturated heterocycles. The van der Waals surface area contributed by atoms with Crippen LogP contribution in [0.4, 0.5) is 17.6 Å². The van der Waals surface area contributed by atoms with Gasteiger partial charge in [-0.25, -0.2) is 4.39 Å². The zero-order chi connectivity index (χ0) is 14.3. The van der Waals surface area contributed by atoms with Crippen molar-refractivity contribution >= 4 is 0 Å². The van der Waals surface area contributed by atoms with Gasteiger partial charge >= 0.3 is 6.18 Å². The molecule has 0 radical (unpaired) electrons. The van der Waals surface area contributed by atoms with Crippen molar-refractivity contribution in [3.05, 3.63) is 35.1 Å². The molecule has 19 heavy (non-hydrogen) atoms. The summed E-state index contributed by atoms with van der Waals surface area (Å²) in [6, 6.07) is 2.56. The number of hydrogen-bond donors (Lipinski definition) is 1. The molecule has 106 valence electrons. The zero-order valence-electron chi connectivity index (χ0n) is 10.3. The Balaban J connectivity index is 2.34. The monoisotopic (exact) mass is 278 g/mol. The third-order valence-electron chi connectivity index (χ3n) is 3.35. The molecule has 0 amide bonds. The molecule has 1 aromatic rings. The van der Waals surface area contributed by atoms with E-state index in [4.69, 9.17) is 4.74 Å². The minimum Gasteiger partial charge on any atom is -0.385 e. The standard InChI is InChI=1S/C13H14F4O2/c1-8-7-12(18,4-5-19-8)9-2-3-10(11(14)6-9)13(15,16)17/h2-3,6,8,18H,4-5,7H2,1H3. The first kappa shape index (κ1) is 14.3. The van der Waals surface area contributed by atoms with Crippen LogP contribution >= 0.6 is 0 Å². The fourth-order valence-corrected chi connectivity index (χ4v) is 2.36. The Labute approximate surface area is 108 Å². The van der Waals surface area contributed by atoms with E-state index in [9.17, 15) is 22.7 Å². The van der Waals surface area contributed by atoms with Gasteiger partial charge in [0, 0.05) is 12.8 Å². The second-order valence-corrected chi connectivity index (χ2v) is 4.86. The molecule has 0 bridgehead atoms. The van der Waals surface area contributed by atoms with Gasteiger partial charge in [0.25, 0.3) is 0 Å². The summed E-state index contributed by atoms with van der Waals surface area (Å²) in [6.45, 7) is 2.05. The average Bonchev–Trinajstić information content (AvgIpc) is 2.26. The van der Waals surface area contributed by atoms with E-state index in [2.05, 4.69) is 0 Å². The van der Waals surface area contributed by atoms with Gasteiger partial charge in [-0.3, -0.25) is 0 Å². The Bertz CT molecular complexity index is 472. The van der Waals surface area contributed by atoms with Crippen molar-refractivity contribution in [2.75, 3.05) is 6.61 Å². The number of alkyl halides is 3. The predicted octanol–water partition coefficient (Wildman–Crippen LogP) is 3.23. The molecule has 2 unspecified atom stereocenters. The molecule has 0 aliphatic carbocycles. The molecule has 2 rings (SSSR count). The summed E-state index contributed by atoms with van der Waals surface area (Å²) >= 11 is 0. The normalized spacial score (nSPS) is 28.4. The Morgan fingerprint density at radius 1 is 1.37 bits per heavy atom. The Hall–Kier alpha value is -1.14. The lowest BCUT2D eigenvalue weighted by Gasteiger charge is -2.36. The second-order valence-electron chi connectivity index (χ2n) is 4.86. The van der Waals surface area contributed by atoms with Crippen molar-refractivity contribution in [1.29, 1.82) is 0 Å². The summed E-state index contributed by atoms with van der Waals surface area (Å²) in [4.78, 5) is 0. The first-order valence-electron chi connectivity index (χ1n) is 5.93. The van der Waals surface area contributed by atoms with Crippen molar-refractivity contribution in [1.82, 2.24) is 0 Å². The van der Waals surface area contributed by atoms with Crippen LogP contribution in [0.3, 0.4) is 0 Å². The first-order valence-corrected chi connectivity index (χ1v) is 5.93. The third-order valence-corrected chi connectivity index (χ3v) is 3.35. The molecule has 0 spiro atoms. The highest BCUT2D eigenvalue weighted by Crippen LogP contribution is 2.37. The SMILES string of the molecule is CC1CC(O)(c2ccc(C(F)(F)F)c(F)c2)CCO1. The first-order chi connectivity index (χ1) is 8.72. The van der Waals surface area contributed by atoms with Gasteiger partial charge in [0.2, 0.25) is 0 Å². The summed E-state index contributed by atoms with van der Waals surface area (Å²) in [5.74, 6) is -1.36. The highest BCUT2D eigenvalue weighted by molar-refractivity contribution is 5.30. The van der Waals surface area contributed by atoms with Crippen molar-refractivity contribution in [3.8, 4) is 0 Å². The maximum absolute atomic E-state index is 13.5. The van der Waals surface area contributed by atoms with Crippen molar-refractivity contribution in [3.63, 3.8) is 0 Å². The van der Waals surface area contributed by atoms with E-state index >= 15 is 0 Å². The van der Waals surface area contributed by atoms with Gasteiger partial charge in [0.05, 0.1) is 23.9 Å². The summed E-state index contributed by atoms with van der Waals surface area (Å²) in [5, 5.41) is 10.4.